The third-order valence-corrected chi connectivity index (χ3v) is 3.66. The zero-order valence-corrected chi connectivity index (χ0v) is 12.4. The van der Waals surface area contributed by atoms with Crippen molar-refractivity contribution in [3.8, 4) is 17.0 Å². The summed E-state index contributed by atoms with van der Waals surface area (Å²) in [6, 6.07) is 5.77. The van der Waals surface area contributed by atoms with E-state index in [1.54, 1.807) is 13.2 Å². The van der Waals surface area contributed by atoms with Gasteiger partial charge in [0.25, 0.3) is 0 Å². The van der Waals surface area contributed by atoms with Gasteiger partial charge in [-0.25, -0.2) is 4.79 Å². The molecule has 0 unspecified atom stereocenters. The topological polar surface area (TPSA) is 51.5 Å². The monoisotopic (exact) mass is 273 g/mol. The molecule has 4 nitrogen and oxygen atoms in total. The second-order valence-corrected chi connectivity index (χ2v) is 5.06. The van der Waals surface area contributed by atoms with Crippen LogP contribution < -0.4 is 4.74 Å². The maximum absolute atomic E-state index is 11.3. The Morgan fingerprint density at radius 2 is 1.85 bits per heavy atom. The number of aromatic carboxylic acids is 1. The van der Waals surface area contributed by atoms with E-state index in [0.29, 0.717) is 5.56 Å². The molecule has 0 radical (unpaired) electrons. The highest BCUT2D eigenvalue weighted by Crippen LogP contribution is 2.35. The van der Waals surface area contributed by atoms with Gasteiger partial charge in [-0.05, 0) is 44.0 Å². The van der Waals surface area contributed by atoms with Crippen LogP contribution in [-0.4, -0.2) is 22.8 Å². The summed E-state index contributed by atoms with van der Waals surface area (Å²) in [5, 5.41) is 9.24. The average molecular weight is 273 g/mol. The van der Waals surface area contributed by atoms with Gasteiger partial charge in [0, 0.05) is 18.3 Å². The van der Waals surface area contributed by atoms with Crippen LogP contribution in [0.5, 0.6) is 5.75 Å². The number of carbonyl (C=O) groups is 1. The lowest BCUT2D eigenvalue weighted by molar-refractivity contribution is 0.0696. The normalized spacial score (nSPS) is 10.7. The summed E-state index contributed by atoms with van der Waals surface area (Å²) in [5.74, 6) is -0.124. The Hall–Kier alpha value is -2.23. The van der Waals surface area contributed by atoms with Crippen molar-refractivity contribution in [1.29, 1.82) is 0 Å². The molecule has 0 amide bonds. The molecule has 0 saturated heterocycles. The molecule has 1 N–H and O–H groups in total. The minimum atomic E-state index is -0.910. The molecule has 20 heavy (non-hydrogen) atoms. The van der Waals surface area contributed by atoms with Crippen molar-refractivity contribution < 1.29 is 14.6 Å². The summed E-state index contributed by atoms with van der Waals surface area (Å²) in [6.07, 6.45) is 0. The molecule has 0 aliphatic carbocycles. The van der Waals surface area contributed by atoms with Crippen molar-refractivity contribution in [2.45, 2.75) is 20.8 Å². The van der Waals surface area contributed by atoms with Crippen molar-refractivity contribution in [2.75, 3.05) is 7.11 Å². The summed E-state index contributed by atoms with van der Waals surface area (Å²) in [6.45, 7) is 5.81. The lowest BCUT2D eigenvalue weighted by Gasteiger charge is -2.14. The molecule has 1 aromatic heterocycles. The fourth-order valence-electron chi connectivity index (χ4n) is 2.59. The van der Waals surface area contributed by atoms with Crippen molar-refractivity contribution in [3.05, 3.63) is 40.6 Å². The van der Waals surface area contributed by atoms with Gasteiger partial charge in [0.15, 0.2) is 0 Å². The molecule has 2 rings (SSSR count). The molecule has 0 spiro atoms. The minimum absolute atomic E-state index is 0.323. The van der Waals surface area contributed by atoms with Crippen LogP contribution >= 0.6 is 0 Å². The Kier molecular flexibility index (Phi) is 3.57. The molecule has 1 heterocycles. The molecule has 0 saturated carbocycles. The van der Waals surface area contributed by atoms with Crippen LogP contribution in [0.15, 0.2) is 18.2 Å². The Morgan fingerprint density at radius 1 is 1.20 bits per heavy atom. The van der Waals surface area contributed by atoms with Gasteiger partial charge in [-0.2, -0.15) is 0 Å². The Morgan fingerprint density at radius 3 is 2.35 bits per heavy atom. The number of benzene rings is 1. The number of ether oxygens (including phenoxy) is 1. The summed E-state index contributed by atoms with van der Waals surface area (Å²) in [4.78, 5) is 11.3. The number of carboxylic acids is 1. The molecule has 0 atom stereocenters. The van der Waals surface area contributed by atoms with E-state index in [0.717, 1.165) is 33.8 Å². The lowest BCUT2D eigenvalue weighted by atomic mass is 10.0. The van der Waals surface area contributed by atoms with E-state index in [4.69, 9.17) is 4.74 Å². The van der Waals surface area contributed by atoms with Gasteiger partial charge in [-0.1, -0.05) is 6.07 Å². The summed E-state index contributed by atoms with van der Waals surface area (Å²) < 4.78 is 7.38. The second kappa shape index (κ2) is 5.04. The van der Waals surface area contributed by atoms with Crippen LogP contribution in [0, 0.1) is 20.8 Å². The number of carboxylic acid groups (broad SMARTS) is 1. The summed E-state index contributed by atoms with van der Waals surface area (Å²) >= 11 is 0. The van der Waals surface area contributed by atoms with Gasteiger partial charge in [-0.3, -0.25) is 0 Å². The Labute approximate surface area is 118 Å². The molecule has 0 aliphatic heterocycles. The number of nitrogens with zero attached hydrogens (tertiary/aromatic N) is 1. The van der Waals surface area contributed by atoms with Gasteiger partial charge in [-0.15, -0.1) is 0 Å². The van der Waals surface area contributed by atoms with E-state index in [2.05, 4.69) is 6.07 Å². The highest BCUT2D eigenvalue weighted by molar-refractivity contribution is 5.91. The molecule has 2 aromatic rings. The van der Waals surface area contributed by atoms with E-state index >= 15 is 0 Å². The van der Waals surface area contributed by atoms with E-state index in [1.807, 2.05) is 38.5 Å². The molecule has 0 bridgehead atoms. The number of rotatable bonds is 3. The third-order valence-electron chi connectivity index (χ3n) is 3.66. The van der Waals surface area contributed by atoms with Crippen molar-refractivity contribution in [1.82, 2.24) is 4.57 Å². The van der Waals surface area contributed by atoms with Gasteiger partial charge in [0.1, 0.15) is 5.75 Å². The fourth-order valence-corrected chi connectivity index (χ4v) is 2.59. The smallest absolute Gasteiger partial charge is 0.337 e. The van der Waals surface area contributed by atoms with E-state index < -0.39 is 5.97 Å². The van der Waals surface area contributed by atoms with Gasteiger partial charge in [0.05, 0.1) is 18.4 Å². The quantitative estimate of drug-likeness (QED) is 0.933. The first-order chi connectivity index (χ1) is 9.36. The first-order valence-corrected chi connectivity index (χ1v) is 6.42. The van der Waals surface area contributed by atoms with E-state index in [-0.39, 0.29) is 0 Å². The zero-order chi connectivity index (χ0) is 15.0. The first kappa shape index (κ1) is 14.2. The minimum Gasteiger partial charge on any atom is -0.496 e. The SMILES string of the molecule is COc1c(C)cc(C)cc1-c1cc(C(=O)O)c(C)n1C. The van der Waals surface area contributed by atoms with Crippen LogP contribution in [0.2, 0.25) is 0 Å². The molecular weight excluding hydrogens is 254 g/mol. The second-order valence-electron chi connectivity index (χ2n) is 5.06. The number of methoxy groups -OCH3 is 1. The molecule has 106 valence electrons. The molecule has 4 heteroatoms. The molecule has 1 aromatic carbocycles. The fraction of sp³-hybridized carbons (Fsp3) is 0.312. The first-order valence-electron chi connectivity index (χ1n) is 6.42. The van der Waals surface area contributed by atoms with Crippen LogP contribution in [0.1, 0.15) is 27.2 Å². The standard InChI is InChI=1S/C16H19NO3/c1-9-6-10(2)15(20-5)13(7-9)14-8-12(16(18)19)11(3)17(14)4/h6-8H,1-5H3,(H,18,19). The lowest BCUT2D eigenvalue weighted by Crippen LogP contribution is -2.00. The van der Waals surface area contributed by atoms with E-state index in [1.165, 1.54) is 0 Å². The Bertz CT molecular complexity index is 684. The predicted octanol–water partition coefficient (Wildman–Crippen LogP) is 3.32. The van der Waals surface area contributed by atoms with Crippen molar-refractivity contribution >= 4 is 5.97 Å². The van der Waals surface area contributed by atoms with Crippen LogP contribution in [-0.2, 0) is 7.05 Å². The summed E-state index contributed by atoms with van der Waals surface area (Å²) in [7, 11) is 3.50. The van der Waals surface area contributed by atoms with E-state index in [9.17, 15) is 9.90 Å². The van der Waals surface area contributed by atoms with Crippen LogP contribution in [0.3, 0.4) is 0 Å². The number of hydrogen-bond donors (Lipinski definition) is 1. The number of aryl methyl sites for hydroxylation is 2. The molecule has 0 aliphatic rings. The summed E-state index contributed by atoms with van der Waals surface area (Å²) in [5.41, 5.74) is 4.98. The maximum Gasteiger partial charge on any atom is 0.337 e. The molecular formula is C16H19NO3. The number of hydrogen-bond acceptors (Lipinski definition) is 2. The largest absolute Gasteiger partial charge is 0.496 e. The van der Waals surface area contributed by atoms with Gasteiger partial charge >= 0.3 is 5.97 Å². The van der Waals surface area contributed by atoms with Crippen LogP contribution in [0.25, 0.3) is 11.3 Å². The number of aromatic nitrogens is 1. The van der Waals surface area contributed by atoms with Crippen molar-refractivity contribution in [3.63, 3.8) is 0 Å². The molecule has 0 fully saturated rings. The zero-order valence-electron chi connectivity index (χ0n) is 12.4. The average Bonchev–Trinajstić information content (AvgIpc) is 2.65. The Balaban J connectivity index is 2.75. The maximum atomic E-state index is 11.3. The van der Waals surface area contributed by atoms with Crippen molar-refractivity contribution in [2.24, 2.45) is 7.05 Å². The highest BCUT2D eigenvalue weighted by atomic mass is 16.5. The van der Waals surface area contributed by atoms with Crippen LogP contribution in [0.4, 0.5) is 0 Å². The highest BCUT2D eigenvalue weighted by Gasteiger charge is 2.19. The van der Waals surface area contributed by atoms with Gasteiger partial charge in [0.2, 0.25) is 0 Å². The third kappa shape index (κ3) is 2.18. The van der Waals surface area contributed by atoms with Gasteiger partial charge < -0.3 is 14.4 Å². The predicted molar refractivity (Wildman–Crippen MR) is 78.6 cm³/mol.